The third-order valence-electron chi connectivity index (χ3n) is 6.08. The number of amides is 2. The van der Waals surface area contributed by atoms with Crippen molar-refractivity contribution in [3.8, 4) is 0 Å². The van der Waals surface area contributed by atoms with Gasteiger partial charge in [0.1, 0.15) is 5.75 Å². The summed E-state index contributed by atoms with van der Waals surface area (Å²) in [6, 6.07) is 20.7. The van der Waals surface area contributed by atoms with E-state index in [1.54, 1.807) is 42.5 Å². The zero-order valence-corrected chi connectivity index (χ0v) is 18.7. The first-order valence-electron chi connectivity index (χ1n) is 10.0. The summed E-state index contributed by atoms with van der Waals surface area (Å²) >= 11 is 6.14. The number of aryl methyl sites for hydroxylation is 1. The highest BCUT2D eigenvalue weighted by Gasteiger charge is 2.69. The molecule has 1 fully saturated rings. The number of fused-ring (bicyclic) bond motifs is 2. The molecule has 2 aliphatic heterocycles. The number of nitrogens with zero attached hydrogens (tertiary/aromatic N) is 2. The number of carbonyl (C=O) groups excluding carboxylic acids is 2. The summed E-state index contributed by atoms with van der Waals surface area (Å²) in [7, 11) is -4.20. The average molecular weight is 467 g/mol. The van der Waals surface area contributed by atoms with Crippen LogP contribution in [0, 0.1) is 6.92 Å². The predicted octanol–water partition coefficient (Wildman–Crippen LogP) is 3.81. The Bertz CT molecular complexity index is 1390. The number of rotatable bonds is 3. The van der Waals surface area contributed by atoms with Crippen LogP contribution in [0.5, 0.6) is 0 Å². The molecule has 0 radical (unpaired) electrons. The Kier molecular flexibility index (Phi) is 4.65. The second kappa shape index (κ2) is 7.18. The molecule has 1 saturated heterocycles. The highest BCUT2D eigenvalue weighted by Crippen LogP contribution is 2.53. The van der Waals surface area contributed by atoms with Crippen LogP contribution in [-0.2, 0) is 30.8 Å². The number of anilines is 2. The van der Waals surface area contributed by atoms with Crippen molar-refractivity contribution in [3.05, 3.63) is 94.5 Å². The van der Waals surface area contributed by atoms with Crippen LogP contribution in [0.25, 0.3) is 0 Å². The summed E-state index contributed by atoms with van der Waals surface area (Å²) in [5.41, 5.74) is 2.90. The molecule has 0 saturated carbocycles. The first kappa shape index (κ1) is 20.7. The molecular weight excluding hydrogens is 448 g/mol. The SMILES string of the molecule is Cc1ccccc1CN1C(=O)[C@@]2(c3ccccc31)N(c1cccc(Cl)c1)C(=O)CS2(=O)=O. The molecule has 1 spiro atoms. The lowest BCUT2D eigenvalue weighted by Crippen LogP contribution is -2.54. The summed E-state index contributed by atoms with van der Waals surface area (Å²) in [5.74, 6) is -2.07. The van der Waals surface area contributed by atoms with Crippen LogP contribution in [0.15, 0.2) is 72.8 Å². The molecule has 0 aromatic heterocycles. The van der Waals surface area contributed by atoms with E-state index in [-0.39, 0.29) is 17.8 Å². The Morgan fingerprint density at radius 1 is 0.969 bits per heavy atom. The average Bonchev–Trinajstić information content (AvgIpc) is 3.12. The Balaban J connectivity index is 1.76. The van der Waals surface area contributed by atoms with Gasteiger partial charge in [-0.25, -0.2) is 8.42 Å². The quantitative estimate of drug-likeness (QED) is 0.588. The van der Waals surface area contributed by atoms with Gasteiger partial charge in [0.2, 0.25) is 5.91 Å². The molecule has 2 aliphatic rings. The van der Waals surface area contributed by atoms with Crippen molar-refractivity contribution in [2.24, 2.45) is 0 Å². The van der Waals surface area contributed by atoms with Crippen molar-refractivity contribution in [3.63, 3.8) is 0 Å². The predicted molar refractivity (Wildman–Crippen MR) is 123 cm³/mol. The molecule has 32 heavy (non-hydrogen) atoms. The van der Waals surface area contributed by atoms with Gasteiger partial charge in [0.25, 0.3) is 10.8 Å². The second-order valence-electron chi connectivity index (χ2n) is 7.95. The van der Waals surface area contributed by atoms with Gasteiger partial charge in [0.05, 0.1) is 12.2 Å². The van der Waals surface area contributed by atoms with E-state index >= 15 is 0 Å². The maximum absolute atomic E-state index is 14.1. The topological polar surface area (TPSA) is 74.8 Å². The van der Waals surface area contributed by atoms with E-state index in [1.807, 2.05) is 31.2 Å². The number of halogens is 1. The van der Waals surface area contributed by atoms with Gasteiger partial charge in [-0.15, -0.1) is 0 Å². The van der Waals surface area contributed by atoms with Gasteiger partial charge in [0.15, 0.2) is 9.84 Å². The normalized spacial score (nSPS) is 21.4. The molecule has 2 heterocycles. The van der Waals surface area contributed by atoms with Gasteiger partial charge in [0, 0.05) is 16.3 Å². The summed E-state index contributed by atoms with van der Waals surface area (Å²) in [5, 5.41) is 0.338. The highest BCUT2D eigenvalue weighted by molar-refractivity contribution is 7.94. The van der Waals surface area contributed by atoms with Crippen LogP contribution in [0.4, 0.5) is 11.4 Å². The van der Waals surface area contributed by atoms with Crippen LogP contribution in [0.2, 0.25) is 5.02 Å². The Morgan fingerprint density at radius 2 is 1.69 bits per heavy atom. The number of hydrogen-bond acceptors (Lipinski definition) is 4. The van der Waals surface area contributed by atoms with Gasteiger partial charge >= 0.3 is 0 Å². The van der Waals surface area contributed by atoms with E-state index in [4.69, 9.17) is 11.6 Å². The van der Waals surface area contributed by atoms with Crippen molar-refractivity contribution in [1.29, 1.82) is 0 Å². The van der Waals surface area contributed by atoms with Gasteiger partial charge in [-0.1, -0.05) is 60.1 Å². The van der Waals surface area contributed by atoms with Gasteiger partial charge in [-0.3, -0.25) is 14.5 Å². The van der Waals surface area contributed by atoms with Crippen LogP contribution in [-0.4, -0.2) is 26.0 Å². The summed E-state index contributed by atoms with van der Waals surface area (Å²) in [6.07, 6.45) is 0. The summed E-state index contributed by atoms with van der Waals surface area (Å²) < 4.78 is 27.1. The molecule has 1 atom stereocenters. The van der Waals surface area contributed by atoms with Gasteiger partial charge < -0.3 is 4.90 Å². The van der Waals surface area contributed by atoms with Crippen LogP contribution in [0.1, 0.15) is 16.7 Å². The lowest BCUT2D eigenvalue weighted by molar-refractivity contribution is -0.123. The van der Waals surface area contributed by atoms with E-state index in [1.165, 1.54) is 11.0 Å². The monoisotopic (exact) mass is 466 g/mol. The minimum atomic E-state index is -4.20. The fourth-order valence-corrected chi connectivity index (χ4v) is 6.84. The van der Waals surface area contributed by atoms with Crippen molar-refractivity contribution < 1.29 is 18.0 Å². The first-order valence-corrected chi connectivity index (χ1v) is 12.1. The number of carbonyl (C=O) groups is 2. The lowest BCUT2D eigenvalue weighted by Gasteiger charge is -2.32. The number of hydrogen-bond donors (Lipinski definition) is 0. The largest absolute Gasteiger partial charge is 0.304 e. The second-order valence-corrected chi connectivity index (χ2v) is 10.5. The molecular formula is C24H19ClN2O4S. The molecule has 5 rings (SSSR count). The molecule has 6 nitrogen and oxygen atoms in total. The first-order chi connectivity index (χ1) is 15.3. The number of benzene rings is 3. The molecule has 8 heteroatoms. The van der Waals surface area contributed by atoms with Gasteiger partial charge in [-0.2, -0.15) is 0 Å². The molecule has 3 aromatic rings. The molecule has 0 aliphatic carbocycles. The molecule has 3 aromatic carbocycles. The molecule has 0 unspecified atom stereocenters. The highest BCUT2D eigenvalue weighted by atomic mass is 35.5. The van der Waals surface area contributed by atoms with Crippen LogP contribution < -0.4 is 9.80 Å². The molecule has 0 N–H and O–H groups in total. The standard InChI is InChI=1S/C24H19ClN2O4S/c1-16-7-2-3-8-17(16)14-26-21-12-5-4-11-20(21)24(23(26)29)27(22(28)15-32(24,30)31)19-10-6-9-18(25)13-19/h2-13H,14-15H2,1H3/t24-/m0/s1. The number of sulfone groups is 1. The smallest absolute Gasteiger partial charge is 0.274 e. The van der Waals surface area contributed by atoms with E-state index in [9.17, 15) is 18.0 Å². The molecule has 0 bridgehead atoms. The van der Waals surface area contributed by atoms with Crippen LogP contribution >= 0.6 is 11.6 Å². The molecule has 2 amide bonds. The fourth-order valence-electron chi connectivity index (χ4n) is 4.62. The number of para-hydroxylation sites is 1. The molecule has 162 valence electrons. The Hall–Kier alpha value is -3.16. The minimum Gasteiger partial charge on any atom is -0.304 e. The minimum absolute atomic E-state index is 0.192. The third kappa shape index (κ3) is 2.74. The Labute approximate surface area is 190 Å². The summed E-state index contributed by atoms with van der Waals surface area (Å²) in [4.78, 5) is 27.5. The van der Waals surface area contributed by atoms with Crippen LogP contribution in [0.3, 0.4) is 0 Å². The van der Waals surface area contributed by atoms with E-state index in [2.05, 4.69) is 0 Å². The van der Waals surface area contributed by atoms with Gasteiger partial charge in [-0.05, 0) is 42.3 Å². The van der Waals surface area contributed by atoms with E-state index < -0.39 is 32.3 Å². The third-order valence-corrected chi connectivity index (χ3v) is 8.42. The Morgan fingerprint density at radius 3 is 2.44 bits per heavy atom. The zero-order chi connectivity index (χ0) is 22.7. The van der Waals surface area contributed by atoms with Crippen molar-refractivity contribution in [2.45, 2.75) is 18.3 Å². The van der Waals surface area contributed by atoms with Crippen molar-refractivity contribution >= 4 is 44.6 Å². The lowest BCUT2D eigenvalue weighted by atomic mass is 10.0. The fraction of sp³-hybridized carbons (Fsp3) is 0.167. The maximum atomic E-state index is 14.1. The zero-order valence-electron chi connectivity index (χ0n) is 17.2. The van der Waals surface area contributed by atoms with Crippen molar-refractivity contribution in [1.82, 2.24) is 0 Å². The summed E-state index contributed by atoms with van der Waals surface area (Å²) in [6.45, 7) is 2.13. The van der Waals surface area contributed by atoms with E-state index in [0.717, 1.165) is 16.0 Å². The van der Waals surface area contributed by atoms with E-state index in [0.29, 0.717) is 10.7 Å². The van der Waals surface area contributed by atoms with Crippen molar-refractivity contribution in [2.75, 3.05) is 15.6 Å². The maximum Gasteiger partial charge on any atom is 0.274 e.